The average molecular weight is 821 g/mol. The lowest BCUT2D eigenvalue weighted by Crippen LogP contribution is -2.30. The van der Waals surface area contributed by atoms with Gasteiger partial charge >= 0.3 is 17.9 Å². The van der Waals surface area contributed by atoms with Crippen LogP contribution in [0, 0.1) is 0 Å². The van der Waals surface area contributed by atoms with E-state index in [1.54, 1.807) is 0 Å². The Morgan fingerprint density at radius 2 is 0.729 bits per heavy atom. The highest BCUT2D eigenvalue weighted by molar-refractivity contribution is 5.71. The molecule has 0 aliphatic carbocycles. The van der Waals surface area contributed by atoms with E-state index in [-0.39, 0.29) is 37.5 Å². The predicted molar refractivity (Wildman–Crippen MR) is 251 cm³/mol. The molecule has 1 unspecified atom stereocenters. The third kappa shape index (κ3) is 45.5. The Bertz CT molecular complexity index is 1170. The number of carbonyl (C=O) groups is 3. The van der Waals surface area contributed by atoms with Gasteiger partial charge in [0.25, 0.3) is 0 Å². The molecule has 0 rings (SSSR count). The van der Waals surface area contributed by atoms with E-state index in [0.717, 1.165) is 109 Å². The van der Waals surface area contributed by atoms with Crippen molar-refractivity contribution in [1.82, 2.24) is 0 Å². The molecule has 59 heavy (non-hydrogen) atoms. The second kappa shape index (κ2) is 47.3. The van der Waals surface area contributed by atoms with Crippen molar-refractivity contribution in [3.8, 4) is 0 Å². The molecule has 6 nitrogen and oxygen atoms in total. The maximum Gasteiger partial charge on any atom is 0.306 e. The van der Waals surface area contributed by atoms with Crippen molar-refractivity contribution in [3.63, 3.8) is 0 Å². The van der Waals surface area contributed by atoms with Crippen molar-refractivity contribution in [1.29, 1.82) is 0 Å². The molecule has 0 aliphatic rings. The van der Waals surface area contributed by atoms with Gasteiger partial charge in [-0.25, -0.2) is 0 Å². The summed E-state index contributed by atoms with van der Waals surface area (Å²) in [4.78, 5) is 37.8. The monoisotopic (exact) mass is 821 g/mol. The second-order valence-electron chi connectivity index (χ2n) is 15.7. The van der Waals surface area contributed by atoms with Gasteiger partial charge < -0.3 is 14.2 Å². The molecule has 0 N–H and O–H groups in total. The summed E-state index contributed by atoms with van der Waals surface area (Å²) in [7, 11) is 0. The summed E-state index contributed by atoms with van der Waals surface area (Å²) in [5, 5.41) is 0. The summed E-state index contributed by atoms with van der Waals surface area (Å²) in [5.74, 6) is -0.965. The summed E-state index contributed by atoms with van der Waals surface area (Å²) in [6, 6.07) is 0. The van der Waals surface area contributed by atoms with Crippen LogP contribution in [0.5, 0.6) is 0 Å². The van der Waals surface area contributed by atoms with Crippen LogP contribution in [0.2, 0.25) is 0 Å². The first-order valence-corrected chi connectivity index (χ1v) is 24.1. The molecule has 0 saturated carbocycles. The molecule has 6 heteroatoms. The van der Waals surface area contributed by atoms with E-state index in [0.29, 0.717) is 12.8 Å². The molecule has 336 valence electrons. The zero-order valence-electron chi connectivity index (χ0n) is 38.2. The Balaban J connectivity index is 4.44. The Labute approximate surface area is 363 Å². The first kappa shape index (κ1) is 55.6. The third-order valence-corrected chi connectivity index (χ3v) is 9.91. The second-order valence-corrected chi connectivity index (χ2v) is 15.7. The lowest BCUT2D eigenvalue weighted by molar-refractivity contribution is -0.167. The SMILES string of the molecule is CC/C=C\C/C=C\C/C=C\C/C=C\C/C=C\CCCCCC(=O)OCC(COC(=O)CCCCCCCCCCCCC)OC(=O)CCCCC/C=C\C=C/CCCC. The summed E-state index contributed by atoms with van der Waals surface area (Å²) < 4.78 is 16.7. The molecule has 0 aliphatic heterocycles. The summed E-state index contributed by atoms with van der Waals surface area (Å²) in [6.45, 7) is 6.39. The molecule has 0 aromatic rings. The van der Waals surface area contributed by atoms with E-state index in [9.17, 15) is 14.4 Å². The van der Waals surface area contributed by atoms with Crippen molar-refractivity contribution >= 4 is 17.9 Å². The van der Waals surface area contributed by atoms with Gasteiger partial charge in [-0.1, -0.05) is 196 Å². The highest BCUT2D eigenvalue weighted by Crippen LogP contribution is 2.13. The van der Waals surface area contributed by atoms with E-state index in [2.05, 4.69) is 106 Å². The fraction of sp³-hybridized carbons (Fsp3) is 0.679. The van der Waals surface area contributed by atoms with Crippen LogP contribution in [0.1, 0.15) is 213 Å². The molecule has 0 aromatic heterocycles. The highest BCUT2D eigenvalue weighted by Gasteiger charge is 2.19. The van der Waals surface area contributed by atoms with Crippen molar-refractivity contribution < 1.29 is 28.6 Å². The molecule has 0 radical (unpaired) electrons. The van der Waals surface area contributed by atoms with Crippen LogP contribution in [-0.2, 0) is 28.6 Å². The average Bonchev–Trinajstić information content (AvgIpc) is 3.23. The lowest BCUT2D eigenvalue weighted by atomic mass is 10.1. The number of ether oxygens (including phenoxy) is 3. The highest BCUT2D eigenvalue weighted by atomic mass is 16.6. The van der Waals surface area contributed by atoms with Gasteiger partial charge in [-0.15, -0.1) is 0 Å². The van der Waals surface area contributed by atoms with Crippen LogP contribution in [0.4, 0.5) is 0 Å². The first-order chi connectivity index (χ1) is 29.0. The third-order valence-electron chi connectivity index (χ3n) is 9.91. The van der Waals surface area contributed by atoms with E-state index in [1.165, 1.54) is 64.2 Å². The van der Waals surface area contributed by atoms with Gasteiger partial charge in [0.15, 0.2) is 6.10 Å². The van der Waals surface area contributed by atoms with Gasteiger partial charge in [-0.3, -0.25) is 14.4 Å². The van der Waals surface area contributed by atoms with Crippen LogP contribution in [0.15, 0.2) is 85.1 Å². The fourth-order valence-corrected chi connectivity index (χ4v) is 6.27. The normalized spacial score (nSPS) is 12.8. The molecule has 1 atom stereocenters. The zero-order valence-corrected chi connectivity index (χ0v) is 38.2. The molecule has 0 bridgehead atoms. The van der Waals surface area contributed by atoms with Crippen molar-refractivity contribution in [2.45, 2.75) is 219 Å². The summed E-state index contributed by atoms with van der Waals surface area (Å²) in [6.07, 6.45) is 59.9. The van der Waals surface area contributed by atoms with E-state index in [1.807, 2.05) is 0 Å². The fourth-order valence-electron chi connectivity index (χ4n) is 6.27. The number of hydrogen-bond acceptors (Lipinski definition) is 6. The topological polar surface area (TPSA) is 78.9 Å². The van der Waals surface area contributed by atoms with Gasteiger partial charge in [0.05, 0.1) is 0 Å². The number of hydrogen-bond donors (Lipinski definition) is 0. The van der Waals surface area contributed by atoms with E-state index < -0.39 is 6.10 Å². The van der Waals surface area contributed by atoms with Crippen LogP contribution in [-0.4, -0.2) is 37.2 Å². The Hall–Kier alpha value is -3.41. The number of rotatable bonds is 42. The van der Waals surface area contributed by atoms with Crippen molar-refractivity contribution in [3.05, 3.63) is 85.1 Å². The molecular formula is C53H88O6. The summed E-state index contributed by atoms with van der Waals surface area (Å²) in [5.41, 5.74) is 0. The molecule has 0 heterocycles. The number of esters is 3. The number of allylic oxidation sites excluding steroid dienone is 14. The molecular weight excluding hydrogens is 733 g/mol. The van der Waals surface area contributed by atoms with Crippen LogP contribution in [0.25, 0.3) is 0 Å². The van der Waals surface area contributed by atoms with Crippen LogP contribution < -0.4 is 0 Å². The Morgan fingerprint density at radius 1 is 0.373 bits per heavy atom. The first-order valence-electron chi connectivity index (χ1n) is 24.1. The lowest BCUT2D eigenvalue weighted by Gasteiger charge is -2.18. The van der Waals surface area contributed by atoms with Gasteiger partial charge in [0.1, 0.15) is 13.2 Å². The van der Waals surface area contributed by atoms with Gasteiger partial charge in [-0.2, -0.15) is 0 Å². The molecule has 0 spiro atoms. The number of carbonyl (C=O) groups excluding carboxylic acids is 3. The van der Waals surface area contributed by atoms with Crippen LogP contribution >= 0.6 is 0 Å². The largest absolute Gasteiger partial charge is 0.462 e. The van der Waals surface area contributed by atoms with Gasteiger partial charge in [0, 0.05) is 19.3 Å². The van der Waals surface area contributed by atoms with E-state index >= 15 is 0 Å². The zero-order chi connectivity index (χ0) is 43.0. The molecule has 0 saturated heterocycles. The minimum atomic E-state index is -0.800. The van der Waals surface area contributed by atoms with Gasteiger partial charge in [0.2, 0.25) is 0 Å². The maximum absolute atomic E-state index is 12.7. The predicted octanol–water partition coefficient (Wildman–Crippen LogP) is 15.6. The maximum atomic E-state index is 12.7. The Kier molecular flexibility index (Phi) is 44.5. The summed E-state index contributed by atoms with van der Waals surface area (Å²) >= 11 is 0. The van der Waals surface area contributed by atoms with Crippen molar-refractivity contribution in [2.24, 2.45) is 0 Å². The Morgan fingerprint density at radius 3 is 1.19 bits per heavy atom. The number of unbranched alkanes of at least 4 members (excludes halogenated alkanes) is 18. The van der Waals surface area contributed by atoms with Crippen molar-refractivity contribution in [2.75, 3.05) is 13.2 Å². The standard InChI is InChI=1S/C53H88O6/c1-4-7-10-13-16-19-22-23-24-25-26-27-28-29-32-34-37-40-43-46-52(55)58-49-50(59-53(56)47-44-41-38-35-31-21-18-15-12-9-6-3)48-57-51(54)45-42-39-36-33-30-20-17-14-11-8-5-2/h7,10,15-16,18-19,21,23-24,26-27,29,31-32,50H,4-6,8-9,11-14,17,20,22,25,28,30,33-49H2,1-3H3/b10-7-,18-15-,19-16-,24-23-,27-26-,31-21-,32-29-. The van der Waals surface area contributed by atoms with E-state index in [4.69, 9.17) is 14.2 Å². The molecule has 0 fully saturated rings. The smallest absolute Gasteiger partial charge is 0.306 e. The van der Waals surface area contributed by atoms with Gasteiger partial charge in [-0.05, 0) is 83.5 Å². The minimum Gasteiger partial charge on any atom is -0.462 e. The molecule has 0 aromatic carbocycles. The van der Waals surface area contributed by atoms with Crippen LogP contribution in [0.3, 0.4) is 0 Å². The quantitative estimate of drug-likeness (QED) is 0.0201. The minimum absolute atomic E-state index is 0.0975. The molecule has 0 amide bonds.